The Morgan fingerprint density at radius 2 is 1.81 bits per heavy atom. The van der Waals surface area contributed by atoms with Crippen LogP contribution in [0.15, 0.2) is 54.7 Å². The van der Waals surface area contributed by atoms with Crippen LogP contribution in [-0.4, -0.2) is 21.0 Å². The van der Waals surface area contributed by atoms with Gasteiger partial charge in [-0.3, -0.25) is 0 Å². The molecule has 4 heteroatoms. The van der Waals surface area contributed by atoms with Gasteiger partial charge in [0.25, 0.3) is 0 Å². The maximum atomic E-state index is 12.0. The van der Waals surface area contributed by atoms with Gasteiger partial charge in [0.05, 0.1) is 5.69 Å². The first-order valence-corrected chi connectivity index (χ1v) is 8.72. The van der Waals surface area contributed by atoms with Crippen molar-refractivity contribution < 1.29 is 9.90 Å². The molecule has 0 spiro atoms. The number of rotatable bonds is 4. The van der Waals surface area contributed by atoms with Gasteiger partial charge in [-0.25, -0.2) is 4.79 Å². The molecule has 0 bridgehead atoms. The van der Waals surface area contributed by atoms with E-state index in [4.69, 9.17) is 0 Å². The van der Waals surface area contributed by atoms with E-state index < -0.39 is 5.97 Å². The van der Waals surface area contributed by atoms with E-state index in [2.05, 4.69) is 16.9 Å². The first-order valence-electron chi connectivity index (χ1n) is 8.72. The van der Waals surface area contributed by atoms with Crippen LogP contribution in [0.5, 0.6) is 0 Å². The number of carbonyl (C=O) groups is 1. The summed E-state index contributed by atoms with van der Waals surface area (Å²) in [5.41, 5.74) is 7.04. The molecule has 0 atom stereocenters. The molecule has 3 N–H and O–H groups in total. The first kappa shape index (κ1) is 16.2. The third-order valence-electron chi connectivity index (χ3n) is 4.95. The normalized spacial score (nSPS) is 11.2. The standard InChI is InChI=1S/C22H20N2O2/c1-3-14-19(15-8-5-4-7-13(15)2)21(22(25)26)24-20(14)17-9-6-10-18-16(17)11-12-23-18/h4-12,23-24H,3H2,1-2H3,(H,25,26). The van der Waals surface area contributed by atoms with Crippen molar-refractivity contribution in [3.05, 3.63) is 71.5 Å². The lowest BCUT2D eigenvalue weighted by Gasteiger charge is -2.09. The molecule has 0 radical (unpaired) electrons. The Morgan fingerprint density at radius 3 is 2.54 bits per heavy atom. The van der Waals surface area contributed by atoms with E-state index in [9.17, 15) is 9.90 Å². The summed E-state index contributed by atoms with van der Waals surface area (Å²) >= 11 is 0. The minimum absolute atomic E-state index is 0.249. The molecule has 4 rings (SSSR count). The van der Waals surface area contributed by atoms with E-state index in [1.165, 1.54) is 0 Å². The van der Waals surface area contributed by atoms with E-state index in [0.717, 1.165) is 50.8 Å². The summed E-state index contributed by atoms with van der Waals surface area (Å²) in [4.78, 5) is 18.4. The molecule has 0 saturated carbocycles. The number of aromatic carboxylic acids is 1. The molecule has 0 amide bonds. The smallest absolute Gasteiger partial charge is 0.352 e. The monoisotopic (exact) mass is 344 g/mol. The van der Waals surface area contributed by atoms with E-state index in [1.54, 1.807) is 0 Å². The number of carboxylic acids is 1. The molecular weight excluding hydrogens is 324 g/mol. The molecule has 2 aromatic carbocycles. The van der Waals surface area contributed by atoms with Gasteiger partial charge in [0.15, 0.2) is 0 Å². The average molecular weight is 344 g/mol. The van der Waals surface area contributed by atoms with Gasteiger partial charge in [-0.05, 0) is 42.2 Å². The highest BCUT2D eigenvalue weighted by molar-refractivity contribution is 6.02. The summed E-state index contributed by atoms with van der Waals surface area (Å²) in [6.07, 6.45) is 2.65. The Labute approximate surface area is 151 Å². The van der Waals surface area contributed by atoms with E-state index in [-0.39, 0.29) is 5.69 Å². The molecule has 26 heavy (non-hydrogen) atoms. The first-order chi connectivity index (χ1) is 12.6. The van der Waals surface area contributed by atoms with Gasteiger partial charge in [-0.1, -0.05) is 43.3 Å². The van der Waals surface area contributed by atoms with Crippen LogP contribution in [0.4, 0.5) is 0 Å². The number of nitrogens with one attached hydrogen (secondary N) is 2. The number of hydrogen-bond acceptors (Lipinski definition) is 1. The minimum Gasteiger partial charge on any atom is -0.477 e. The molecule has 0 fully saturated rings. The number of aromatic nitrogens is 2. The maximum Gasteiger partial charge on any atom is 0.352 e. The van der Waals surface area contributed by atoms with Gasteiger partial charge in [0.2, 0.25) is 0 Å². The topological polar surface area (TPSA) is 68.9 Å². The van der Waals surface area contributed by atoms with Crippen molar-refractivity contribution in [2.75, 3.05) is 0 Å². The van der Waals surface area contributed by atoms with Crippen LogP contribution >= 0.6 is 0 Å². The van der Waals surface area contributed by atoms with Gasteiger partial charge >= 0.3 is 5.97 Å². The SMILES string of the molecule is CCc1c(-c2cccc3[nH]ccc23)[nH]c(C(=O)O)c1-c1ccccc1C. The number of hydrogen-bond donors (Lipinski definition) is 3. The molecule has 0 saturated heterocycles. The Hall–Kier alpha value is -3.27. The quantitative estimate of drug-likeness (QED) is 0.464. The van der Waals surface area contributed by atoms with Gasteiger partial charge in [0.1, 0.15) is 5.69 Å². The molecule has 4 aromatic rings. The van der Waals surface area contributed by atoms with Crippen LogP contribution in [0.2, 0.25) is 0 Å². The third kappa shape index (κ3) is 2.42. The second-order valence-electron chi connectivity index (χ2n) is 6.45. The molecule has 0 aliphatic heterocycles. The molecule has 2 heterocycles. The fourth-order valence-electron chi connectivity index (χ4n) is 3.74. The summed E-state index contributed by atoms with van der Waals surface area (Å²) in [7, 11) is 0. The van der Waals surface area contributed by atoms with Crippen LogP contribution in [0.3, 0.4) is 0 Å². The summed E-state index contributed by atoms with van der Waals surface area (Å²) in [6, 6.07) is 16.0. The summed E-state index contributed by atoms with van der Waals surface area (Å²) in [5.74, 6) is -0.939. The Morgan fingerprint density at radius 1 is 1.04 bits per heavy atom. The Balaban J connectivity index is 2.07. The Kier molecular flexibility index (Phi) is 3.88. The highest BCUT2D eigenvalue weighted by atomic mass is 16.4. The number of aromatic amines is 2. The summed E-state index contributed by atoms with van der Waals surface area (Å²) < 4.78 is 0. The van der Waals surface area contributed by atoms with Crippen molar-refractivity contribution in [3.8, 4) is 22.4 Å². The van der Waals surface area contributed by atoms with Gasteiger partial charge in [0, 0.05) is 28.2 Å². The largest absolute Gasteiger partial charge is 0.477 e. The highest BCUT2D eigenvalue weighted by Gasteiger charge is 2.24. The van der Waals surface area contributed by atoms with Crippen LogP contribution in [0, 0.1) is 6.92 Å². The average Bonchev–Trinajstić information content (AvgIpc) is 3.26. The van der Waals surface area contributed by atoms with Gasteiger partial charge < -0.3 is 15.1 Å². The van der Waals surface area contributed by atoms with Crippen molar-refractivity contribution in [1.29, 1.82) is 0 Å². The van der Waals surface area contributed by atoms with Crippen LogP contribution in [-0.2, 0) is 6.42 Å². The van der Waals surface area contributed by atoms with Crippen molar-refractivity contribution in [1.82, 2.24) is 9.97 Å². The maximum absolute atomic E-state index is 12.0. The predicted molar refractivity (Wildman–Crippen MR) is 105 cm³/mol. The second-order valence-corrected chi connectivity index (χ2v) is 6.45. The molecule has 130 valence electrons. The lowest BCUT2D eigenvalue weighted by molar-refractivity contribution is 0.0692. The fourth-order valence-corrected chi connectivity index (χ4v) is 3.74. The zero-order valence-corrected chi connectivity index (χ0v) is 14.8. The van der Waals surface area contributed by atoms with Crippen molar-refractivity contribution in [2.24, 2.45) is 0 Å². The third-order valence-corrected chi connectivity index (χ3v) is 4.95. The molecular formula is C22H20N2O2. The fraction of sp³-hybridized carbons (Fsp3) is 0.136. The molecule has 0 aliphatic carbocycles. The summed E-state index contributed by atoms with van der Waals surface area (Å²) in [6.45, 7) is 4.08. The van der Waals surface area contributed by atoms with E-state index in [0.29, 0.717) is 0 Å². The number of H-pyrrole nitrogens is 2. The zero-order chi connectivity index (χ0) is 18.3. The van der Waals surface area contributed by atoms with Crippen LogP contribution in [0.25, 0.3) is 33.3 Å². The van der Waals surface area contributed by atoms with E-state index >= 15 is 0 Å². The molecule has 0 unspecified atom stereocenters. The van der Waals surface area contributed by atoms with Crippen LogP contribution < -0.4 is 0 Å². The lowest BCUT2D eigenvalue weighted by atomic mass is 9.93. The highest BCUT2D eigenvalue weighted by Crippen LogP contribution is 2.39. The predicted octanol–water partition coefficient (Wildman–Crippen LogP) is 5.40. The number of aryl methyl sites for hydroxylation is 1. The Bertz CT molecular complexity index is 1120. The summed E-state index contributed by atoms with van der Waals surface area (Å²) in [5, 5.41) is 10.9. The van der Waals surface area contributed by atoms with Crippen molar-refractivity contribution in [2.45, 2.75) is 20.3 Å². The molecule has 4 nitrogen and oxygen atoms in total. The number of benzene rings is 2. The lowest BCUT2D eigenvalue weighted by Crippen LogP contribution is -2.00. The number of fused-ring (bicyclic) bond motifs is 1. The van der Waals surface area contributed by atoms with Gasteiger partial charge in [-0.15, -0.1) is 0 Å². The minimum atomic E-state index is -0.939. The zero-order valence-electron chi connectivity index (χ0n) is 14.8. The molecule has 0 aliphatic rings. The van der Waals surface area contributed by atoms with E-state index in [1.807, 2.05) is 61.7 Å². The van der Waals surface area contributed by atoms with Crippen molar-refractivity contribution in [3.63, 3.8) is 0 Å². The second kappa shape index (κ2) is 6.23. The van der Waals surface area contributed by atoms with Crippen LogP contribution in [0.1, 0.15) is 28.5 Å². The molecule has 2 aromatic heterocycles. The number of carboxylic acid groups (broad SMARTS) is 1. The van der Waals surface area contributed by atoms with Crippen molar-refractivity contribution >= 4 is 16.9 Å². The van der Waals surface area contributed by atoms with Gasteiger partial charge in [-0.2, -0.15) is 0 Å².